The molecule has 128 valence electrons. The Bertz CT molecular complexity index is 663. The first kappa shape index (κ1) is 16.9. The number of carbonyl (C=O) groups is 1. The fraction of sp³-hybridized carbons (Fsp3) is 0.688. The zero-order valence-corrected chi connectivity index (χ0v) is 15.1. The molecule has 1 aliphatic carbocycles. The van der Waals surface area contributed by atoms with Crippen molar-refractivity contribution in [3.05, 3.63) is 17.0 Å². The molecule has 0 aromatic carbocycles. The van der Waals surface area contributed by atoms with E-state index in [0.29, 0.717) is 29.8 Å². The van der Waals surface area contributed by atoms with Crippen LogP contribution in [-0.2, 0) is 21.2 Å². The minimum absolute atomic E-state index is 0.0866. The van der Waals surface area contributed by atoms with Crippen molar-refractivity contribution >= 4 is 27.3 Å². The van der Waals surface area contributed by atoms with E-state index < -0.39 is 10.0 Å². The second kappa shape index (κ2) is 6.91. The smallest absolute Gasteiger partial charge is 0.250 e. The van der Waals surface area contributed by atoms with Gasteiger partial charge in [0, 0.05) is 30.4 Å². The van der Waals surface area contributed by atoms with Crippen LogP contribution in [0.1, 0.15) is 43.9 Å². The summed E-state index contributed by atoms with van der Waals surface area (Å²) in [5, 5.41) is 0. The summed E-state index contributed by atoms with van der Waals surface area (Å²) >= 11 is 1.32. The van der Waals surface area contributed by atoms with Crippen LogP contribution in [0.3, 0.4) is 0 Å². The molecule has 1 aromatic heterocycles. The summed E-state index contributed by atoms with van der Waals surface area (Å²) in [4.78, 5) is 15.2. The van der Waals surface area contributed by atoms with Crippen LogP contribution in [0.4, 0.5) is 0 Å². The van der Waals surface area contributed by atoms with E-state index in [4.69, 9.17) is 0 Å². The van der Waals surface area contributed by atoms with Crippen molar-refractivity contribution in [1.82, 2.24) is 9.62 Å². The lowest BCUT2D eigenvalue weighted by atomic mass is 10.1. The molecule has 1 N–H and O–H groups in total. The van der Waals surface area contributed by atoms with Gasteiger partial charge in [0.2, 0.25) is 15.9 Å². The van der Waals surface area contributed by atoms with Crippen LogP contribution in [0, 0.1) is 5.92 Å². The van der Waals surface area contributed by atoms with E-state index in [9.17, 15) is 13.2 Å². The normalized spacial score (nSPS) is 23.1. The van der Waals surface area contributed by atoms with E-state index in [1.165, 1.54) is 24.2 Å². The Kier molecular flexibility index (Phi) is 5.08. The predicted octanol–water partition coefficient (Wildman–Crippen LogP) is 2.38. The molecule has 23 heavy (non-hydrogen) atoms. The molecule has 1 saturated carbocycles. The van der Waals surface area contributed by atoms with E-state index >= 15 is 0 Å². The number of thiophene rings is 1. The highest BCUT2D eigenvalue weighted by Gasteiger charge is 2.35. The molecule has 2 fully saturated rings. The Morgan fingerprint density at radius 2 is 2.04 bits per heavy atom. The Morgan fingerprint density at radius 3 is 2.70 bits per heavy atom. The SMILES string of the molecule is CCc1ccc(S(=O)(=O)NC[C@@H]2CC(=O)N(C3CCCC3)C2)s1. The number of nitrogens with zero attached hydrogens (tertiary/aromatic N) is 1. The Balaban J connectivity index is 1.57. The highest BCUT2D eigenvalue weighted by atomic mass is 32.2. The molecule has 0 radical (unpaired) electrons. The van der Waals surface area contributed by atoms with E-state index in [1.807, 2.05) is 17.9 Å². The highest BCUT2D eigenvalue weighted by molar-refractivity contribution is 7.91. The number of nitrogens with one attached hydrogen (secondary N) is 1. The first-order valence-electron chi connectivity index (χ1n) is 8.37. The molecule has 1 aromatic rings. The third kappa shape index (κ3) is 3.78. The molecular weight excluding hydrogens is 332 g/mol. The first-order chi connectivity index (χ1) is 11.0. The number of hydrogen-bond donors (Lipinski definition) is 1. The summed E-state index contributed by atoms with van der Waals surface area (Å²) in [6.07, 6.45) is 5.89. The van der Waals surface area contributed by atoms with Gasteiger partial charge >= 0.3 is 0 Å². The first-order valence-corrected chi connectivity index (χ1v) is 10.7. The lowest BCUT2D eigenvalue weighted by molar-refractivity contribution is -0.129. The molecule has 1 atom stereocenters. The summed E-state index contributed by atoms with van der Waals surface area (Å²) in [7, 11) is -3.45. The summed E-state index contributed by atoms with van der Waals surface area (Å²) in [5.41, 5.74) is 0. The zero-order chi connectivity index (χ0) is 16.4. The number of aryl methyl sites for hydroxylation is 1. The van der Waals surface area contributed by atoms with Crippen LogP contribution in [0.25, 0.3) is 0 Å². The van der Waals surface area contributed by atoms with Crippen LogP contribution >= 0.6 is 11.3 Å². The van der Waals surface area contributed by atoms with Crippen molar-refractivity contribution in [2.45, 2.75) is 55.7 Å². The molecule has 5 nitrogen and oxygen atoms in total. The monoisotopic (exact) mass is 356 g/mol. The minimum atomic E-state index is -3.45. The Labute approximate surface area is 142 Å². The average molecular weight is 357 g/mol. The standard InChI is InChI=1S/C16H24N2O3S2/c1-2-14-7-8-16(22-14)23(20,21)17-10-12-9-15(19)18(11-12)13-5-3-4-6-13/h7-8,12-13,17H,2-6,9-11H2,1H3/t12-/m0/s1. The molecule has 3 rings (SSSR count). The van der Waals surface area contributed by atoms with Gasteiger partial charge in [-0.3, -0.25) is 4.79 Å². The maximum absolute atomic E-state index is 12.3. The molecule has 0 unspecified atom stereocenters. The number of amides is 1. The topological polar surface area (TPSA) is 66.5 Å². The number of hydrogen-bond acceptors (Lipinski definition) is 4. The van der Waals surface area contributed by atoms with Crippen molar-refractivity contribution in [1.29, 1.82) is 0 Å². The second-order valence-electron chi connectivity index (χ2n) is 6.48. The fourth-order valence-corrected chi connectivity index (χ4v) is 5.96. The molecule has 1 amide bonds. The van der Waals surface area contributed by atoms with Gasteiger partial charge in [-0.1, -0.05) is 19.8 Å². The molecule has 0 spiro atoms. The van der Waals surface area contributed by atoms with Crippen LogP contribution < -0.4 is 4.72 Å². The van der Waals surface area contributed by atoms with E-state index in [-0.39, 0.29) is 11.8 Å². The van der Waals surface area contributed by atoms with Crippen molar-refractivity contribution < 1.29 is 13.2 Å². The third-order valence-corrected chi connectivity index (χ3v) is 7.96. The van der Waals surface area contributed by atoms with Gasteiger partial charge in [-0.2, -0.15) is 0 Å². The molecule has 7 heteroatoms. The summed E-state index contributed by atoms with van der Waals surface area (Å²) < 4.78 is 27.7. The molecule has 2 aliphatic rings. The van der Waals surface area contributed by atoms with Gasteiger partial charge in [0.1, 0.15) is 4.21 Å². The van der Waals surface area contributed by atoms with E-state index in [1.54, 1.807) is 6.07 Å². The van der Waals surface area contributed by atoms with Crippen LogP contribution in [0.15, 0.2) is 16.3 Å². The van der Waals surface area contributed by atoms with Gasteiger partial charge in [-0.05, 0) is 37.3 Å². The molecule has 0 bridgehead atoms. The number of likely N-dealkylation sites (tertiary alicyclic amines) is 1. The quantitative estimate of drug-likeness (QED) is 0.851. The van der Waals surface area contributed by atoms with Gasteiger partial charge in [0.05, 0.1) is 0 Å². The molecule has 1 aliphatic heterocycles. The lowest BCUT2D eigenvalue weighted by Gasteiger charge is -2.24. The summed E-state index contributed by atoms with van der Waals surface area (Å²) in [5.74, 6) is 0.272. The molecule has 1 saturated heterocycles. The molecule has 2 heterocycles. The maximum atomic E-state index is 12.3. The highest BCUT2D eigenvalue weighted by Crippen LogP contribution is 2.29. The zero-order valence-electron chi connectivity index (χ0n) is 13.5. The lowest BCUT2D eigenvalue weighted by Crippen LogP contribution is -2.35. The predicted molar refractivity (Wildman–Crippen MR) is 91.0 cm³/mol. The van der Waals surface area contributed by atoms with Gasteiger partial charge in [0.25, 0.3) is 0 Å². The fourth-order valence-electron chi connectivity index (χ4n) is 3.51. The van der Waals surface area contributed by atoms with E-state index in [0.717, 1.165) is 24.1 Å². The number of carbonyl (C=O) groups excluding carboxylic acids is 1. The van der Waals surface area contributed by atoms with Crippen LogP contribution in [0.5, 0.6) is 0 Å². The third-order valence-electron chi connectivity index (χ3n) is 4.82. The van der Waals surface area contributed by atoms with E-state index in [2.05, 4.69) is 4.72 Å². The summed E-state index contributed by atoms with van der Waals surface area (Å²) in [6.45, 7) is 3.05. The molecular formula is C16H24N2O3S2. The van der Waals surface area contributed by atoms with Crippen molar-refractivity contribution in [3.63, 3.8) is 0 Å². The van der Waals surface area contributed by atoms with Crippen molar-refractivity contribution in [2.75, 3.05) is 13.1 Å². The van der Waals surface area contributed by atoms with Crippen molar-refractivity contribution in [3.8, 4) is 0 Å². The Morgan fingerprint density at radius 1 is 1.30 bits per heavy atom. The Hall–Kier alpha value is -0.920. The minimum Gasteiger partial charge on any atom is -0.339 e. The van der Waals surface area contributed by atoms with Crippen molar-refractivity contribution in [2.24, 2.45) is 5.92 Å². The van der Waals surface area contributed by atoms with Crippen LogP contribution in [0.2, 0.25) is 0 Å². The largest absolute Gasteiger partial charge is 0.339 e. The number of sulfonamides is 1. The average Bonchev–Trinajstić information content (AvgIpc) is 3.25. The van der Waals surface area contributed by atoms with Crippen LogP contribution in [-0.4, -0.2) is 38.4 Å². The number of rotatable bonds is 6. The van der Waals surface area contributed by atoms with Gasteiger partial charge in [-0.25, -0.2) is 13.1 Å². The van der Waals surface area contributed by atoms with Gasteiger partial charge in [0.15, 0.2) is 0 Å². The van der Waals surface area contributed by atoms with Gasteiger partial charge in [-0.15, -0.1) is 11.3 Å². The maximum Gasteiger partial charge on any atom is 0.250 e. The summed E-state index contributed by atoms with van der Waals surface area (Å²) in [6, 6.07) is 3.91. The van der Waals surface area contributed by atoms with Gasteiger partial charge < -0.3 is 4.90 Å². The second-order valence-corrected chi connectivity index (χ2v) is 9.64.